The monoisotopic (exact) mass is 298 g/mol. The summed E-state index contributed by atoms with van der Waals surface area (Å²) in [4.78, 5) is 0. The minimum absolute atomic E-state index is 0.285. The smallest absolute Gasteiger partial charge is 0.0132 e. The van der Waals surface area contributed by atoms with Gasteiger partial charge in [-0.1, -0.05) is 95.1 Å². The van der Waals surface area contributed by atoms with E-state index in [9.17, 15) is 0 Å². The van der Waals surface area contributed by atoms with Gasteiger partial charge in [-0.2, -0.15) is 0 Å². The Hall–Kier alpha value is -1.56. The van der Waals surface area contributed by atoms with Gasteiger partial charge in [0, 0.05) is 0 Å². The number of hydrogen-bond acceptors (Lipinski definition) is 0. The van der Waals surface area contributed by atoms with E-state index in [4.69, 9.17) is 0 Å². The molecule has 0 aromatic heterocycles. The van der Waals surface area contributed by atoms with E-state index in [1.165, 1.54) is 28.7 Å². The third kappa shape index (κ3) is 8.67. The molecule has 0 unspecified atom stereocenters. The lowest BCUT2D eigenvalue weighted by Gasteiger charge is -2.18. The lowest BCUT2D eigenvalue weighted by atomic mass is 9.87. The third-order valence-corrected chi connectivity index (χ3v) is 3.34. The minimum Gasteiger partial charge on any atom is -0.0656 e. The first kappa shape index (κ1) is 20.4. The normalized spacial score (nSPS) is 10.0. The minimum atomic E-state index is 0.285. The molecule has 0 amide bonds. The second-order valence-corrected chi connectivity index (χ2v) is 6.91. The van der Waals surface area contributed by atoms with Crippen LogP contribution in [0.15, 0.2) is 48.5 Å². The van der Waals surface area contributed by atoms with Crippen LogP contribution in [0, 0.1) is 20.8 Å². The number of hydrogen-bond donors (Lipinski definition) is 0. The van der Waals surface area contributed by atoms with Crippen LogP contribution >= 0.6 is 0 Å². The van der Waals surface area contributed by atoms with Gasteiger partial charge in [-0.3, -0.25) is 0 Å². The summed E-state index contributed by atoms with van der Waals surface area (Å²) in [5.41, 5.74) is 5.76. The molecule has 0 saturated carbocycles. The molecule has 0 fully saturated rings. The Kier molecular flexibility index (Phi) is 9.49. The van der Waals surface area contributed by atoms with Crippen molar-refractivity contribution in [3.8, 4) is 0 Å². The van der Waals surface area contributed by atoms with Gasteiger partial charge in [0.2, 0.25) is 0 Å². The molecule has 2 aromatic rings. The molecule has 0 heteroatoms. The molecule has 0 atom stereocenters. The summed E-state index contributed by atoms with van der Waals surface area (Å²) in [5, 5.41) is 0. The topological polar surface area (TPSA) is 0 Å². The Morgan fingerprint density at radius 2 is 1.05 bits per heavy atom. The summed E-state index contributed by atoms with van der Waals surface area (Å²) in [6, 6.07) is 17.1. The Morgan fingerprint density at radius 1 is 0.682 bits per heavy atom. The van der Waals surface area contributed by atoms with Gasteiger partial charge in [-0.25, -0.2) is 0 Å². The van der Waals surface area contributed by atoms with E-state index in [0.29, 0.717) is 0 Å². The molecule has 22 heavy (non-hydrogen) atoms. The first-order valence-electron chi connectivity index (χ1n) is 8.31. The molecule has 0 spiro atoms. The molecule has 0 bridgehead atoms. The maximum atomic E-state index is 2.23. The average Bonchev–Trinajstić information content (AvgIpc) is 2.43. The van der Waals surface area contributed by atoms with Crippen molar-refractivity contribution in [2.45, 2.75) is 67.2 Å². The molecule has 122 valence electrons. The van der Waals surface area contributed by atoms with Crippen LogP contribution in [0.3, 0.4) is 0 Å². The maximum Gasteiger partial charge on any atom is -0.0132 e. The zero-order valence-electron chi connectivity index (χ0n) is 15.8. The zero-order valence-corrected chi connectivity index (χ0v) is 15.8. The van der Waals surface area contributed by atoms with Gasteiger partial charge in [0.1, 0.15) is 0 Å². The Bertz CT molecular complexity index is 491. The molecule has 0 aliphatic heterocycles. The molecule has 0 nitrogen and oxygen atoms in total. The van der Waals surface area contributed by atoms with Gasteiger partial charge in [-0.15, -0.1) is 0 Å². The molecule has 0 aliphatic rings. The molecule has 0 heterocycles. The largest absolute Gasteiger partial charge is 0.0656 e. The summed E-state index contributed by atoms with van der Waals surface area (Å²) >= 11 is 0. The van der Waals surface area contributed by atoms with Crippen molar-refractivity contribution in [2.75, 3.05) is 0 Å². The Morgan fingerprint density at radius 3 is 1.32 bits per heavy atom. The number of benzene rings is 2. The molecule has 0 aliphatic carbocycles. The fourth-order valence-electron chi connectivity index (χ4n) is 1.72. The maximum absolute atomic E-state index is 2.23. The van der Waals surface area contributed by atoms with Crippen LogP contribution in [0.2, 0.25) is 0 Å². The molecule has 2 rings (SSSR count). The van der Waals surface area contributed by atoms with Gasteiger partial charge >= 0.3 is 0 Å². The second-order valence-electron chi connectivity index (χ2n) is 6.91. The van der Waals surface area contributed by atoms with Crippen LogP contribution in [-0.2, 0) is 5.41 Å². The molecule has 0 radical (unpaired) electrons. The summed E-state index contributed by atoms with van der Waals surface area (Å²) < 4.78 is 0. The average molecular weight is 299 g/mol. The van der Waals surface area contributed by atoms with Gasteiger partial charge in [0.15, 0.2) is 0 Å². The van der Waals surface area contributed by atoms with Crippen molar-refractivity contribution in [3.05, 3.63) is 70.8 Å². The zero-order chi connectivity index (χ0) is 17.2. The Labute approximate surface area is 138 Å². The lowest BCUT2D eigenvalue weighted by molar-refractivity contribution is 0.590. The van der Waals surface area contributed by atoms with Crippen LogP contribution in [0.1, 0.15) is 63.3 Å². The van der Waals surface area contributed by atoms with Crippen LogP contribution in [0.4, 0.5) is 0 Å². The van der Waals surface area contributed by atoms with E-state index in [0.717, 1.165) is 0 Å². The first-order chi connectivity index (χ1) is 10.2. The van der Waals surface area contributed by atoms with Crippen LogP contribution < -0.4 is 0 Å². The second kappa shape index (κ2) is 10.2. The molecule has 2 aromatic carbocycles. The highest BCUT2D eigenvalue weighted by molar-refractivity contribution is 5.26. The van der Waals surface area contributed by atoms with Crippen LogP contribution in [0.25, 0.3) is 0 Å². The SMILES string of the molecule is CCC.Cc1ccc(C(C)(C)C)cc1.Cc1ccccc1C. The van der Waals surface area contributed by atoms with E-state index >= 15 is 0 Å². The predicted molar refractivity (Wildman–Crippen MR) is 102 cm³/mol. The lowest BCUT2D eigenvalue weighted by Crippen LogP contribution is -2.10. The van der Waals surface area contributed by atoms with Gasteiger partial charge < -0.3 is 0 Å². The van der Waals surface area contributed by atoms with Crippen molar-refractivity contribution < 1.29 is 0 Å². The molecule has 0 saturated heterocycles. The highest BCUT2D eigenvalue weighted by Crippen LogP contribution is 2.21. The van der Waals surface area contributed by atoms with Crippen molar-refractivity contribution in [2.24, 2.45) is 0 Å². The number of aryl methyl sites for hydroxylation is 3. The van der Waals surface area contributed by atoms with Crippen molar-refractivity contribution in [3.63, 3.8) is 0 Å². The van der Waals surface area contributed by atoms with E-state index in [1.54, 1.807) is 0 Å². The first-order valence-corrected chi connectivity index (χ1v) is 8.31. The fraction of sp³-hybridized carbons (Fsp3) is 0.455. The standard InChI is InChI=1S/C11H16.C8H10.C3H8/c1-9-5-7-10(8-6-9)11(2,3)4;1-7-5-3-4-6-8(7)2;1-3-2/h5-8H,1-4H3;3-6H,1-2H3;3H2,1-2H3. The summed E-state index contributed by atoms with van der Waals surface area (Å²) in [6.45, 7) is 17.3. The van der Waals surface area contributed by atoms with Crippen LogP contribution in [0.5, 0.6) is 0 Å². The summed E-state index contributed by atoms with van der Waals surface area (Å²) in [7, 11) is 0. The fourth-order valence-corrected chi connectivity index (χ4v) is 1.72. The summed E-state index contributed by atoms with van der Waals surface area (Å²) in [5.74, 6) is 0. The van der Waals surface area contributed by atoms with Crippen molar-refractivity contribution in [1.29, 1.82) is 0 Å². The predicted octanol–water partition coefficient (Wildman–Crippen LogP) is 7.01. The van der Waals surface area contributed by atoms with Gasteiger partial charge in [-0.05, 0) is 42.9 Å². The highest BCUT2D eigenvalue weighted by atomic mass is 14.2. The number of rotatable bonds is 0. The molecule has 0 N–H and O–H groups in total. The van der Waals surface area contributed by atoms with Crippen LogP contribution in [-0.4, -0.2) is 0 Å². The highest BCUT2D eigenvalue weighted by Gasteiger charge is 2.11. The van der Waals surface area contributed by atoms with E-state index < -0.39 is 0 Å². The van der Waals surface area contributed by atoms with Crippen molar-refractivity contribution >= 4 is 0 Å². The molecular formula is C22H34. The van der Waals surface area contributed by atoms with E-state index in [-0.39, 0.29) is 5.41 Å². The van der Waals surface area contributed by atoms with Gasteiger partial charge in [0.25, 0.3) is 0 Å². The van der Waals surface area contributed by atoms with E-state index in [2.05, 4.69) is 104 Å². The Balaban J connectivity index is 0.000000352. The summed E-state index contributed by atoms with van der Waals surface area (Å²) in [6.07, 6.45) is 1.25. The quantitative estimate of drug-likeness (QED) is 0.490. The van der Waals surface area contributed by atoms with E-state index in [1.807, 2.05) is 0 Å². The third-order valence-electron chi connectivity index (χ3n) is 3.34. The van der Waals surface area contributed by atoms with Gasteiger partial charge in [0.05, 0.1) is 0 Å². The molecular weight excluding hydrogens is 264 g/mol. The van der Waals surface area contributed by atoms with Crippen molar-refractivity contribution in [1.82, 2.24) is 0 Å².